The Kier molecular flexibility index (Phi) is 7.52. The molecule has 0 aromatic heterocycles. The minimum absolute atomic E-state index is 0.0308. The van der Waals surface area contributed by atoms with Crippen molar-refractivity contribution in [3.63, 3.8) is 0 Å². The predicted octanol–water partition coefficient (Wildman–Crippen LogP) is 3.65. The Morgan fingerprint density at radius 2 is 1.79 bits per heavy atom. The molecule has 6 nitrogen and oxygen atoms in total. The lowest BCUT2D eigenvalue weighted by Crippen LogP contribution is -2.36. The van der Waals surface area contributed by atoms with Gasteiger partial charge in [-0.15, -0.1) is 0 Å². The number of hydrogen-bond acceptors (Lipinski definition) is 4. The fourth-order valence-electron chi connectivity index (χ4n) is 3.26. The second kappa shape index (κ2) is 10.1. The largest absolute Gasteiger partial charge is 0.482 e. The Labute approximate surface area is 176 Å². The third kappa shape index (κ3) is 6.45. The number of carbonyl (C=O) groups is 1. The van der Waals surface area contributed by atoms with Crippen molar-refractivity contribution in [2.45, 2.75) is 49.6 Å². The van der Waals surface area contributed by atoms with Gasteiger partial charge >= 0.3 is 0 Å². The van der Waals surface area contributed by atoms with Gasteiger partial charge in [-0.25, -0.2) is 13.1 Å². The van der Waals surface area contributed by atoms with Crippen LogP contribution in [0.25, 0.3) is 0 Å². The number of ether oxygens (including phenoxy) is 1. The first kappa shape index (κ1) is 21.6. The van der Waals surface area contributed by atoms with Crippen molar-refractivity contribution in [1.82, 2.24) is 10.0 Å². The van der Waals surface area contributed by atoms with Crippen molar-refractivity contribution >= 4 is 27.5 Å². The third-order valence-electron chi connectivity index (χ3n) is 4.83. The molecule has 0 heterocycles. The van der Waals surface area contributed by atoms with Crippen molar-refractivity contribution in [2.24, 2.45) is 0 Å². The molecule has 0 unspecified atom stereocenters. The highest BCUT2D eigenvalue weighted by Gasteiger charge is 2.22. The average molecular weight is 437 g/mol. The molecule has 3 rings (SSSR count). The molecule has 0 saturated heterocycles. The summed E-state index contributed by atoms with van der Waals surface area (Å²) in [5, 5.41) is 2.90. The summed E-state index contributed by atoms with van der Waals surface area (Å²) in [6.07, 6.45) is 4.92. The molecule has 8 heteroatoms. The number of amides is 1. The van der Waals surface area contributed by atoms with Crippen molar-refractivity contribution < 1.29 is 17.9 Å². The number of halogens is 1. The summed E-state index contributed by atoms with van der Waals surface area (Å²) in [6, 6.07) is 13.8. The van der Waals surface area contributed by atoms with Gasteiger partial charge < -0.3 is 10.1 Å². The molecular formula is C21H25ClN2O4S. The van der Waals surface area contributed by atoms with Crippen LogP contribution >= 0.6 is 11.6 Å². The molecular weight excluding hydrogens is 412 g/mol. The second-order valence-electron chi connectivity index (χ2n) is 7.10. The molecule has 29 heavy (non-hydrogen) atoms. The van der Waals surface area contributed by atoms with E-state index in [4.69, 9.17) is 16.3 Å². The van der Waals surface area contributed by atoms with E-state index >= 15 is 0 Å². The van der Waals surface area contributed by atoms with Crippen LogP contribution in [0.2, 0.25) is 5.02 Å². The van der Waals surface area contributed by atoms with Crippen LogP contribution in [0.15, 0.2) is 53.4 Å². The van der Waals surface area contributed by atoms with Gasteiger partial charge in [0.2, 0.25) is 10.0 Å². The number of nitrogens with one attached hydrogen (secondary N) is 2. The normalized spacial score (nSPS) is 15.1. The third-order valence-corrected chi connectivity index (χ3v) is 6.65. The van der Waals surface area contributed by atoms with Gasteiger partial charge in [-0.2, -0.15) is 0 Å². The Morgan fingerprint density at radius 3 is 2.48 bits per heavy atom. The molecule has 0 radical (unpaired) electrons. The number of sulfonamides is 1. The van der Waals surface area contributed by atoms with E-state index < -0.39 is 10.0 Å². The minimum atomic E-state index is -3.64. The molecule has 0 aliphatic heterocycles. The lowest BCUT2D eigenvalue weighted by atomic mass is 9.96. The molecule has 0 bridgehead atoms. The standard InChI is InChI=1S/C21H25ClN2O4S/c22-19-13-18(29(26,27)24-17-9-5-2-6-10-17)11-12-20(19)28-15-21(25)23-14-16-7-3-1-4-8-16/h1,3-4,7-8,11-13,17,24H,2,5-6,9-10,14-15H2,(H,23,25). The summed E-state index contributed by atoms with van der Waals surface area (Å²) in [5.41, 5.74) is 0.985. The molecule has 1 aliphatic rings. The summed E-state index contributed by atoms with van der Waals surface area (Å²) in [4.78, 5) is 12.1. The lowest BCUT2D eigenvalue weighted by Gasteiger charge is -2.22. The molecule has 2 aromatic rings. The summed E-state index contributed by atoms with van der Waals surface area (Å²) >= 11 is 6.19. The van der Waals surface area contributed by atoms with Crippen LogP contribution in [-0.2, 0) is 21.4 Å². The SMILES string of the molecule is O=C(COc1ccc(S(=O)(=O)NC2CCCCC2)cc1Cl)NCc1ccccc1. The zero-order valence-corrected chi connectivity index (χ0v) is 17.6. The summed E-state index contributed by atoms with van der Waals surface area (Å²) in [6.45, 7) is 0.194. The first-order valence-corrected chi connectivity index (χ1v) is 11.6. The van der Waals surface area contributed by atoms with Gasteiger partial charge in [0.05, 0.1) is 9.92 Å². The highest BCUT2D eigenvalue weighted by Crippen LogP contribution is 2.28. The molecule has 1 amide bonds. The van der Waals surface area contributed by atoms with E-state index in [-0.39, 0.29) is 34.2 Å². The Morgan fingerprint density at radius 1 is 1.07 bits per heavy atom. The van der Waals surface area contributed by atoms with Crippen LogP contribution in [0.4, 0.5) is 0 Å². The van der Waals surface area contributed by atoms with Crippen LogP contribution in [0, 0.1) is 0 Å². The van der Waals surface area contributed by atoms with E-state index in [1.807, 2.05) is 30.3 Å². The number of hydrogen-bond donors (Lipinski definition) is 2. The summed E-state index contributed by atoms with van der Waals surface area (Å²) in [7, 11) is -3.64. The van der Waals surface area contributed by atoms with E-state index in [1.54, 1.807) is 0 Å². The molecule has 156 valence electrons. The zero-order valence-electron chi connectivity index (χ0n) is 16.1. The van der Waals surface area contributed by atoms with Crippen LogP contribution < -0.4 is 14.8 Å². The fraction of sp³-hybridized carbons (Fsp3) is 0.381. The quantitative estimate of drug-likeness (QED) is 0.661. The highest BCUT2D eigenvalue weighted by molar-refractivity contribution is 7.89. The molecule has 2 N–H and O–H groups in total. The van der Waals surface area contributed by atoms with E-state index in [1.165, 1.54) is 18.2 Å². The Hall–Kier alpha value is -2.09. The first-order valence-electron chi connectivity index (χ1n) is 9.69. The topological polar surface area (TPSA) is 84.5 Å². The van der Waals surface area contributed by atoms with Gasteiger partial charge in [-0.1, -0.05) is 61.2 Å². The van der Waals surface area contributed by atoms with E-state index in [9.17, 15) is 13.2 Å². The van der Waals surface area contributed by atoms with Gasteiger partial charge in [-0.05, 0) is 36.6 Å². The second-order valence-corrected chi connectivity index (χ2v) is 9.22. The Balaban J connectivity index is 1.54. The lowest BCUT2D eigenvalue weighted by molar-refractivity contribution is -0.123. The maximum Gasteiger partial charge on any atom is 0.258 e. The predicted molar refractivity (Wildman–Crippen MR) is 112 cm³/mol. The zero-order chi connectivity index (χ0) is 20.7. The van der Waals surface area contributed by atoms with E-state index in [2.05, 4.69) is 10.0 Å². The summed E-state index contributed by atoms with van der Waals surface area (Å²) < 4.78 is 33.3. The molecule has 0 spiro atoms. The van der Waals surface area contributed by atoms with Crippen LogP contribution in [0.1, 0.15) is 37.7 Å². The molecule has 1 saturated carbocycles. The van der Waals surface area contributed by atoms with Crippen molar-refractivity contribution in [1.29, 1.82) is 0 Å². The van der Waals surface area contributed by atoms with Crippen LogP contribution in [0.3, 0.4) is 0 Å². The first-order chi connectivity index (χ1) is 13.9. The van der Waals surface area contributed by atoms with E-state index in [0.717, 1.165) is 37.7 Å². The number of rotatable bonds is 8. The van der Waals surface area contributed by atoms with Gasteiger partial charge in [0.15, 0.2) is 6.61 Å². The summed E-state index contributed by atoms with van der Waals surface area (Å²) in [5.74, 6) is -0.0290. The Bertz CT molecular complexity index is 929. The van der Waals surface area contributed by atoms with Gasteiger partial charge in [0.25, 0.3) is 5.91 Å². The molecule has 1 fully saturated rings. The highest BCUT2D eigenvalue weighted by atomic mass is 35.5. The molecule has 1 aliphatic carbocycles. The van der Waals surface area contributed by atoms with Crippen molar-refractivity contribution in [2.75, 3.05) is 6.61 Å². The maximum atomic E-state index is 12.6. The number of carbonyl (C=O) groups excluding carboxylic acids is 1. The van der Waals surface area contributed by atoms with E-state index in [0.29, 0.717) is 6.54 Å². The van der Waals surface area contributed by atoms with Crippen molar-refractivity contribution in [3.05, 3.63) is 59.1 Å². The minimum Gasteiger partial charge on any atom is -0.482 e. The van der Waals surface area contributed by atoms with Gasteiger partial charge in [-0.3, -0.25) is 4.79 Å². The smallest absolute Gasteiger partial charge is 0.258 e. The monoisotopic (exact) mass is 436 g/mol. The van der Waals surface area contributed by atoms with Gasteiger partial charge in [0, 0.05) is 12.6 Å². The van der Waals surface area contributed by atoms with Crippen molar-refractivity contribution in [3.8, 4) is 5.75 Å². The maximum absolute atomic E-state index is 12.6. The molecule has 0 atom stereocenters. The molecule has 2 aromatic carbocycles. The van der Waals surface area contributed by atoms with Crippen LogP contribution in [-0.4, -0.2) is 27.0 Å². The average Bonchev–Trinajstić information content (AvgIpc) is 2.72. The fourth-order valence-corrected chi connectivity index (χ4v) is 4.90. The van der Waals surface area contributed by atoms with Gasteiger partial charge in [0.1, 0.15) is 5.75 Å². The van der Waals surface area contributed by atoms with Crippen LogP contribution in [0.5, 0.6) is 5.75 Å². The number of benzene rings is 2.